The minimum absolute atomic E-state index is 0.0621. The number of thioether (sulfide) groups is 1. The maximum Gasteiger partial charge on any atom is 0.264 e. The predicted octanol–water partition coefficient (Wildman–Crippen LogP) is 4.11. The number of amidine groups is 1. The van der Waals surface area contributed by atoms with Crippen molar-refractivity contribution in [3.8, 4) is 17.6 Å². The lowest BCUT2D eigenvalue weighted by Crippen LogP contribution is -2.19. The third kappa shape index (κ3) is 4.53. The molecule has 1 aliphatic rings. The highest BCUT2D eigenvalue weighted by molar-refractivity contribution is 8.18. The summed E-state index contributed by atoms with van der Waals surface area (Å²) in [6, 6.07) is 13.1. The van der Waals surface area contributed by atoms with E-state index in [0.717, 1.165) is 16.8 Å². The van der Waals surface area contributed by atoms with Gasteiger partial charge in [-0.25, -0.2) is 4.99 Å². The summed E-state index contributed by atoms with van der Waals surface area (Å²) in [6.07, 6.45) is 1.76. The van der Waals surface area contributed by atoms with E-state index in [9.17, 15) is 4.79 Å². The molecular weight excluding hydrogens is 374 g/mol. The molecule has 0 aliphatic carbocycles. The molecule has 1 aliphatic heterocycles. The van der Waals surface area contributed by atoms with Crippen LogP contribution in [0.15, 0.2) is 46.3 Å². The normalized spacial score (nSPS) is 16.1. The second-order valence-corrected chi connectivity index (χ2v) is 7.14. The molecule has 2 aromatic rings. The minimum Gasteiger partial charge on any atom is -0.493 e. The summed E-state index contributed by atoms with van der Waals surface area (Å²) in [5, 5.41) is 12.0. The number of nitrogens with one attached hydrogen (secondary N) is 1. The van der Waals surface area contributed by atoms with E-state index in [1.807, 2.05) is 38.1 Å². The molecular formula is C21H19N3O3S. The van der Waals surface area contributed by atoms with Gasteiger partial charge in [0.2, 0.25) is 0 Å². The van der Waals surface area contributed by atoms with Crippen molar-refractivity contribution < 1.29 is 14.3 Å². The van der Waals surface area contributed by atoms with Crippen LogP contribution in [0.25, 0.3) is 6.08 Å². The van der Waals surface area contributed by atoms with Crippen LogP contribution in [0.1, 0.15) is 16.7 Å². The van der Waals surface area contributed by atoms with Gasteiger partial charge in [-0.05, 0) is 72.6 Å². The molecule has 1 fully saturated rings. The van der Waals surface area contributed by atoms with Crippen molar-refractivity contribution in [2.75, 3.05) is 13.7 Å². The molecule has 1 amide bonds. The van der Waals surface area contributed by atoms with Crippen LogP contribution in [0, 0.1) is 25.2 Å². The summed E-state index contributed by atoms with van der Waals surface area (Å²) in [5.74, 6) is 0.778. The molecule has 0 aromatic heterocycles. The smallest absolute Gasteiger partial charge is 0.264 e. The van der Waals surface area contributed by atoms with Crippen LogP contribution in [0.4, 0.5) is 5.69 Å². The Morgan fingerprint density at radius 2 is 2.00 bits per heavy atom. The Labute approximate surface area is 167 Å². The molecule has 0 radical (unpaired) electrons. The second-order valence-electron chi connectivity index (χ2n) is 6.11. The van der Waals surface area contributed by atoms with E-state index < -0.39 is 0 Å². The molecule has 0 atom stereocenters. The van der Waals surface area contributed by atoms with Crippen LogP contribution in [0.2, 0.25) is 0 Å². The zero-order valence-electron chi connectivity index (χ0n) is 15.8. The number of methoxy groups -OCH3 is 1. The van der Waals surface area contributed by atoms with Crippen LogP contribution < -0.4 is 14.8 Å². The van der Waals surface area contributed by atoms with Crippen molar-refractivity contribution in [1.82, 2.24) is 5.32 Å². The van der Waals surface area contributed by atoms with Gasteiger partial charge in [0.25, 0.3) is 5.91 Å². The highest BCUT2D eigenvalue weighted by Gasteiger charge is 2.24. The highest BCUT2D eigenvalue weighted by Crippen LogP contribution is 2.32. The van der Waals surface area contributed by atoms with Crippen molar-refractivity contribution in [2.45, 2.75) is 13.8 Å². The van der Waals surface area contributed by atoms with E-state index in [4.69, 9.17) is 14.7 Å². The summed E-state index contributed by atoms with van der Waals surface area (Å²) in [4.78, 5) is 17.3. The van der Waals surface area contributed by atoms with Gasteiger partial charge in [0.05, 0.1) is 17.7 Å². The topological polar surface area (TPSA) is 83.7 Å². The Morgan fingerprint density at radius 3 is 2.71 bits per heavy atom. The Hall–Kier alpha value is -3.24. The van der Waals surface area contributed by atoms with Crippen molar-refractivity contribution in [3.63, 3.8) is 0 Å². The molecule has 1 saturated heterocycles. The standard InChI is InChI=1S/C21H19N3O3S/c1-13-4-6-16(10-14(13)2)23-21-24-20(25)19(28-21)12-15-5-7-17(27-9-8-22)18(11-15)26-3/h4-7,10-12H,9H2,1-3H3,(H,23,24,25)/b19-12-. The van der Waals surface area contributed by atoms with Crippen molar-refractivity contribution in [2.24, 2.45) is 4.99 Å². The van der Waals surface area contributed by atoms with Crippen LogP contribution in [0.3, 0.4) is 0 Å². The first kappa shape index (κ1) is 19.5. The zero-order chi connectivity index (χ0) is 20.1. The van der Waals surface area contributed by atoms with Gasteiger partial charge < -0.3 is 14.8 Å². The summed E-state index contributed by atoms with van der Waals surface area (Å²) < 4.78 is 10.6. The molecule has 0 saturated carbocycles. The minimum atomic E-state index is -0.198. The Morgan fingerprint density at radius 1 is 1.18 bits per heavy atom. The zero-order valence-corrected chi connectivity index (χ0v) is 16.6. The Bertz CT molecular complexity index is 1020. The number of nitriles is 1. The third-order valence-electron chi connectivity index (χ3n) is 4.15. The second kappa shape index (κ2) is 8.63. The van der Waals surface area contributed by atoms with Gasteiger partial charge >= 0.3 is 0 Å². The monoisotopic (exact) mass is 393 g/mol. The first-order chi connectivity index (χ1) is 13.5. The maximum atomic E-state index is 12.3. The fourth-order valence-electron chi connectivity index (χ4n) is 2.55. The first-order valence-electron chi connectivity index (χ1n) is 8.55. The molecule has 0 bridgehead atoms. The summed E-state index contributed by atoms with van der Waals surface area (Å²) in [6.45, 7) is 4.01. The van der Waals surface area contributed by atoms with Crippen molar-refractivity contribution in [1.29, 1.82) is 5.26 Å². The maximum absolute atomic E-state index is 12.3. The van der Waals surface area contributed by atoms with Crippen molar-refractivity contribution >= 4 is 34.6 Å². The van der Waals surface area contributed by atoms with E-state index in [1.165, 1.54) is 24.4 Å². The lowest BCUT2D eigenvalue weighted by molar-refractivity contribution is -0.115. The number of ether oxygens (including phenoxy) is 2. The molecule has 7 heteroatoms. The number of aryl methyl sites for hydroxylation is 2. The number of carbonyl (C=O) groups excluding carboxylic acids is 1. The van der Waals surface area contributed by atoms with E-state index in [0.29, 0.717) is 21.6 Å². The number of carbonyl (C=O) groups is 1. The van der Waals surface area contributed by atoms with E-state index in [1.54, 1.807) is 24.3 Å². The molecule has 0 unspecified atom stereocenters. The van der Waals surface area contributed by atoms with Gasteiger partial charge in [0.1, 0.15) is 6.07 Å². The number of amides is 1. The lowest BCUT2D eigenvalue weighted by Gasteiger charge is -2.08. The summed E-state index contributed by atoms with van der Waals surface area (Å²) in [5.41, 5.74) is 3.93. The van der Waals surface area contributed by atoms with E-state index in [-0.39, 0.29) is 12.5 Å². The van der Waals surface area contributed by atoms with Crippen LogP contribution in [-0.4, -0.2) is 24.8 Å². The average Bonchev–Trinajstić information content (AvgIpc) is 3.02. The predicted molar refractivity (Wildman–Crippen MR) is 111 cm³/mol. The number of nitrogens with zero attached hydrogens (tertiary/aromatic N) is 2. The van der Waals surface area contributed by atoms with Gasteiger partial charge in [-0.15, -0.1) is 0 Å². The number of rotatable bonds is 5. The molecule has 3 rings (SSSR count). The van der Waals surface area contributed by atoms with E-state index >= 15 is 0 Å². The van der Waals surface area contributed by atoms with E-state index in [2.05, 4.69) is 10.3 Å². The third-order valence-corrected chi connectivity index (χ3v) is 5.06. The first-order valence-corrected chi connectivity index (χ1v) is 9.36. The van der Waals surface area contributed by atoms with Gasteiger partial charge in [-0.1, -0.05) is 12.1 Å². The van der Waals surface area contributed by atoms with Crippen LogP contribution >= 0.6 is 11.8 Å². The largest absolute Gasteiger partial charge is 0.493 e. The fraction of sp³-hybridized carbons (Fsp3) is 0.190. The molecule has 0 spiro atoms. The molecule has 2 aromatic carbocycles. The molecule has 28 heavy (non-hydrogen) atoms. The summed E-state index contributed by atoms with van der Waals surface area (Å²) >= 11 is 1.29. The Balaban J connectivity index is 1.81. The number of hydrogen-bond acceptors (Lipinski definition) is 6. The molecule has 6 nitrogen and oxygen atoms in total. The van der Waals surface area contributed by atoms with Gasteiger partial charge in [-0.2, -0.15) is 5.26 Å². The molecule has 1 heterocycles. The SMILES string of the molecule is COc1cc(/C=C2\SC(=Nc3ccc(C)c(C)c3)NC2=O)ccc1OCC#N. The van der Waals surface area contributed by atoms with Crippen LogP contribution in [0.5, 0.6) is 11.5 Å². The average molecular weight is 393 g/mol. The van der Waals surface area contributed by atoms with Gasteiger partial charge in [0, 0.05) is 0 Å². The quantitative estimate of drug-likeness (QED) is 0.773. The number of hydrogen-bond donors (Lipinski definition) is 1. The number of aliphatic imine (C=N–C) groups is 1. The van der Waals surface area contributed by atoms with Crippen molar-refractivity contribution in [3.05, 3.63) is 58.0 Å². The van der Waals surface area contributed by atoms with Crippen LogP contribution in [-0.2, 0) is 4.79 Å². The fourth-order valence-corrected chi connectivity index (χ4v) is 3.39. The van der Waals surface area contributed by atoms with Gasteiger partial charge in [0.15, 0.2) is 23.3 Å². The molecule has 1 N–H and O–H groups in total. The Kier molecular flexibility index (Phi) is 6.02. The number of benzene rings is 2. The molecule has 142 valence electrons. The highest BCUT2D eigenvalue weighted by atomic mass is 32.2. The summed E-state index contributed by atoms with van der Waals surface area (Å²) in [7, 11) is 1.52. The van der Waals surface area contributed by atoms with Gasteiger partial charge in [-0.3, -0.25) is 4.79 Å². The lowest BCUT2D eigenvalue weighted by atomic mass is 10.1.